The summed E-state index contributed by atoms with van der Waals surface area (Å²) < 4.78 is 0. The summed E-state index contributed by atoms with van der Waals surface area (Å²) in [6, 6.07) is 6.66. The van der Waals surface area contributed by atoms with Crippen molar-refractivity contribution in [1.82, 2.24) is 10.2 Å². The van der Waals surface area contributed by atoms with Crippen molar-refractivity contribution >= 4 is 23.4 Å². The Hall–Kier alpha value is -2.81. The molecule has 6 heteroatoms. The normalized spacial score (nSPS) is 13.5. The highest BCUT2D eigenvalue weighted by Crippen LogP contribution is 2.15. The van der Waals surface area contributed by atoms with Crippen LogP contribution in [0, 0.1) is 12.3 Å². The SMILES string of the molecule is C#CC(=O)Nc1ccccc1C(=O)NCCCN1CCCC1=O. The van der Waals surface area contributed by atoms with E-state index in [4.69, 9.17) is 6.42 Å². The molecule has 0 spiro atoms. The molecule has 0 atom stereocenters. The first kappa shape index (κ1) is 16.6. The first-order valence-electron chi connectivity index (χ1n) is 7.54. The minimum absolute atomic E-state index is 0.179. The Balaban J connectivity index is 1.84. The topological polar surface area (TPSA) is 78.5 Å². The molecule has 120 valence electrons. The molecule has 2 rings (SSSR count). The van der Waals surface area contributed by atoms with E-state index in [-0.39, 0.29) is 11.8 Å². The first-order valence-corrected chi connectivity index (χ1v) is 7.54. The summed E-state index contributed by atoms with van der Waals surface area (Å²) in [5, 5.41) is 5.28. The fourth-order valence-electron chi connectivity index (χ4n) is 2.46. The second-order valence-corrected chi connectivity index (χ2v) is 5.24. The van der Waals surface area contributed by atoms with E-state index in [1.165, 1.54) is 0 Å². The van der Waals surface area contributed by atoms with Gasteiger partial charge in [-0.3, -0.25) is 14.4 Å². The lowest BCUT2D eigenvalue weighted by Gasteiger charge is -2.15. The van der Waals surface area contributed by atoms with Crippen molar-refractivity contribution < 1.29 is 14.4 Å². The van der Waals surface area contributed by atoms with Crippen LogP contribution in [0.5, 0.6) is 0 Å². The first-order chi connectivity index (χ1) is 11.1. The molecule has 0 aliphatic carbocycles. The van der Waals surface area contributed by atoms with Gasteiger partial charge in [0, 0.05) is 26.1 Å². The third kappa shape index (κ3) is 4.58. The molecule has 0 bridgehead atoms. The Morgan fingerprint density at radius 2 is 2.09 bits per heavy atom. The number of carbonyl (C=O) groups is 3. The monoisotopic (exact) mass is 313 g/mol. The van der Waals surface area contributed by atoms with E-state index in [0.29, 0.717) is 37.2 Å². The standard InChI is InChI=1S/C17H19N3O3/c1-2-15(21)19-14-8-4-3-7-13(14)17(23)18-10-6-12-20-11-5-9-16(20)22/h1,3-4,7-8H,5-6,9-12H2,(H,18,23)(H,19,21). The minimum Gasteiger partial charge on any atom is -0.352 e. The number of benzene rings is 1. The molecule has 1 heterocycles. The van der Waals surface area contributed by atoms with Crippen molar-refractivity contribution in [3.05, 3.63) is 29.8 Å². The summed E-state index contributed by atoms with van der Waals surface area (Å²) >= 11 is 0. The molecule has 0 radical (unpaired) electrons. The number of rotatable bonds is 6. The van der Waals surface area contributed by atoms with Gasteiger partial charge in [0.15, 0.2) is 0 Å². The average Bonchev–Trinajstić information content (AvgIpc) is 2.97. The molecule has 1 saturated heterocycles. The molecule has 1 aromatic rings. The van der Waals surface area contributed by atoms with Gasteiger partial charge in [-0.2, -0.15) is 0 Å². The van der Waals surface area contributed by atoms with Crippen LogP contribution in [-0.4, -0.2) is 42.3 Å². The third-order valence-electron chi connectivity index (χ3n) is 3.61. The van der Waals surface area contributed by atoms with Gasteiger partial charge in [0.05, 0.1) is 11.3 Å². The maximum absolute atomic E-state index is 12.2. The van der Waals surface area contributed by atoms with Crippen LogP contribution in [0.2, 0.25) is 0 Å². The van der Waals surface area contributed by atoms with Crippen molar-refractivity contribution in [2.75, 3.05) is 25.0 Å². The fraction of sp³-hybridized carbons (Fsp3) is 0.353. The van der Waals surface area contributed by atoms with Crippen molar-refractivity contribution in [3.63, 3.8) is 0 Å². The lowest BCUT2D eigenvalue weighted by molar-refractivity contribution is -0.127. The minimum atomic E-state index is -0.599. The van der Waals surface area contributed by atoms with Crippen LogP contribution in [0.25, 0.3) is 0 Å². The van der Waals surface area contributed by atoms with Gasteiger partial charge in [-0.25, -0.2) is 0 Å². The predicted molar refractivity (Wildman–Crippen MR) is 86.7 cm³/mol. The Morgan fingerprint density at radius 3 is 2.78 bits per heavy atom. The van der Waals surface area contributed by atoms with Gasteiger partial charge in [-0.1, -0.05) is 12.1 Å². The maximum atomic E-state index is 12.2. The largest absolute Gasteiger partial charge is 0.352 e. The average molecular weight is 313 g/mol. The van der Waals surface area contributed by atoms with E-state index >= 15 is 0 Å². The molecule has 1 fully saturated rings. The van der Waals surface area contributed by atoms with Crippen molar-refractivity contribution in [1.29, 1.82) is 0 Å². The van der Waals surface area contributed by atoms with Gasteiger partial charge in [-0.15, -0.1) is 6.42 Å². The number of hydrogen-bond donors (Lipinski definition) is 2. The highest BCUT2D eigenvalue weighted by Gasteiger charge is 2.19. The van der Waals surface area contributed by atoms with E-state index in [2.05, 4.69) is 10.6 Å². The number of carbonyl (C=O) groups excluding carboxylic acids is 3. The number of terminal acetylenes is 1. The molecule has 0 aromatic heterocycles. The van der Waals surface area contributed by atoms with Crippen LogP contribution in [0.4, 0.5) is 5.69 Å². The van der Waals surface area contributed by atoms with Gasteiger partial charge in [0.2, 0.25) is 5.91 Å². The van der Waals surface area contributed by atoms with Gasteiger partial charge < -0.3 is 15.5 Å². The van der Waals surface area contributed by atoms with Crippen molar-refractivity contribution in [2.45, 2.75) is 19.3 Å². The van der Waals surface area contributed by atoms with Crippen LogP contribution in [0.1, 0.15) is 29.6 Å². The summed E-state index contributed by atoms with van der Waals surface area (Å²) in [4.78, 5) is 36.8. The Kier molecular flexibility index (Phi) is 5.75. The number of nitrogens with one attached hydrogen (secondary N) is 2. The second kappa shape index (κ2) is 7.99. The molecule has 0 unspecified atom stereocenters. The lowest BCUT2D eigenvalue weighted by atomic mass is 10.1. The van der Waals surface area contributed by atoms with Gasteiger partial charge >= 0.3 is 0 Å². The molecule has 23 heavy (non-hydrogen) atoms. The van der Waals surface area contributed by atoms with E-state index in [1.54, 1.807) is 24.3 Å². The Bertz CT molecular complexity index is 649. The van der Waals surface area contributed by atoms with Crippen molar-refractivity contribution in [3.8, 4) is 12.3 Å². The predicted octanol–water partition coefficient (Wildman–Crippen LogP) is 1.00. The smallest absolute Gasteiger partial charge is 0.300 e. The molecule has 0 saturated carbocycles. The number of para-hydroxylation sites is 1. The number of anilines is 1. The second-order valence-electron chi connectivity index (χ2n) is 5.24. The molecular formula is C17H19N3O3. The molecular weight excluding hydrogens is 294 g/mol. The van der Waals surface area contributed by atoms with Gasteiger partial charge in [0.1, 0.15) is 0 Å². The van der Waals surface area contributed by atoms with E-state index < -0.39 is 5.91 Å². The molecule has 6 nitrogen and oxygen atoms in total. The highest BCUT2D eigenvalue weighted by atomic mass is 16.2. The maximum Gasteiger partial charge on any atom is 0.300 e. The summed E-state index contributed by atoms with van der Waals surface area (Å²) in [6.07, 6.45) is 7.24. The molecule has 1 aliphatic heterocycles. The fourth-order valence-corrected chi connectivity index (χ4v) is 2.46. The Labute approximate surface area is 135 Å². The van der Waals surface area contributed by atoms with Gasteiger partial charge in [-0.05, 0) is 30.9 Å². The molecule has 1 aliphatic rings. The summed E-state index contributed by atoms with van der Waals surface area (Å²) in [5.74, 6) is 1.24. The van der Waals surface area contributed by atoms with Crippen LogP contribution in [0.15, 0.2) is 24.3 Å². The number of nitrogens with zero attached hydrogens (tertiary/aromatic N) is 1. The zero-order chi connectivity index (χ0) is 16.7. The van der Waals surface area contributed by atoms with Crippen LogP contribution in [-0.2, 0) is 9.59 Å². The Morgan fingerprint density at radius 1 is 1.30 bits per heavy atom. The van der Waals surface area contributed by atoms with Gasteiger partial charge in [0.25, 0.3) is 11.8 Å². The van der Waals surface area contributed by atoms with E-state index in [1.807, 2.05) is 10.8 Å². The van der Waals surface area contributed by atoms with Crippen LogP contribution < -0.4 is 10.6 Å². The van der Waals surface area contributed by atoms with E-state index in [9.17, 15) is 14.4 Å². The summed E-state index contributed by atoms with van der Waals surface area (Å²) in [6.45, 7) is 1.91. The van der Waals surface area contributed by atoms with Crippen molar-refractivity contribution in [2.24, 2.45) is 0 Å². The molecule has 3 amide bonds. The molecule has 1 aromatic carbocycles. The number of hydrogen-bond acceptors (Lipinski definition) is 3. The van der Waals surface area contributed by atoms with E-state index in [0.717, 1.165) is 13.0 Å². The molecule has 2 N–H and O–H groups in total. The third-order valence-corrected chi connectivity index (χ3v) is 3.61. The zero-order valence-corrected chi connectivity index (χ0v) is 12.8. The summed E-state index contributed by atoms with van der Waals surface area (Å²) in [5.41, 5.74) is 0.732. The number of amides is 3. The lowest BCUT2D eigenvalue weighted by Crippen LogP contribution is -2.31. The zero-order valence-electron chi connectivity index (χ0n) is 12.8. The summed E-state index contributed by atoms with van der Waals surface area (Å²) in [7, 11) is 0. The van der Waals surface area contributed by atoms with Crippen LogP contribution in [0.3, 0.4) is 0 Å². The highest BCUT2D eigenvalue weighted by molar-refractivity contribution is 6.08. The quantitative estimate of drug-likeness (QED) is 0.607. The van der Waals surface area contributed by atoms with Crippen LogP contribution >= 0.6 is 0 Å². The number of likely N-dealkylation sites (tertiary alicyclic amines) is 1.